The fourth-order valence-electron chi connectivity index (χ4n) is 1.74. The molecule has 0 fully saturated rings. The molecule has 19 heavy (non-hydrogen) atoms. The van der Waals surface area contributed by atoms with Gasteiger partial charge in [0.1, 0.15) is 0 Å². The number of aromatic nitrogens is 1. The summed E-state index contributed by atoms with van der Waals surface area (Å²) in [5, 5.41) is 3.59. The number of pyridine rings is 1. The van der Waals surface area contributed by atoms with Crippen molar-refractivity contribution in [2.24, 2.45) is 5.73 Å². The summed E-state index contributed by atoms with van der Waals surface area (Å²) in [4.78, 5) is 16.0. The maximum absolute atomic E-state index is 11.8. The molecule has 0 bridgehead atoms. The molecule has 2 rings (SSSR count). The van der Waals surface area contributed by atoms with Crippen LogP contribution in [0.15, 0.2) is 48.7 Å². The van der Waals surface area contributed by atoms with E-state index in [0.717, 1.165) is 0 Å². The van der Waals surface area contributed by atoms with Gasteiger partial charge in [0.05, 0.1) is 16.4 Å². The van der Waals surface area contributed by atoms with E-state index in [1.165, 1.54) is 0 Å². The number of nitrogens with two attached hydrogens (primary N) is 1. The monoisotopic (exact) mass is 275 g/mol. The third-order valence-corrected chi connectivity index (χ3v) is 3.26. The number of carbonyl (C=O) groups is 1. The zero-order valence-corrected chi connectivity index (χ0v) is 11.2. The molecular formula is C14H14ClN3O. The Morgan fingerprint density at radius 3 is 2.53 bits per heavy atom. The average Bonchev–Trinajstić information content (AvgIpc) is 2.42. The van der Waals surface area contributed by atoms with Crippen molar-refractivity contribution in [1.29, 1.82) is 0 Å². The largest absolute Gasteiger partial charge is 0.367 e. The van der Waals surface area contributed by atoms with Crippen LogP contribution >= 0.6 is 11.6 Å². The molecule has 0 aliphatic rings. The molecular weight excluding hydrogens is 262 g/mol. The molecule has 1 heterocycles. The number of hydrogen-bond acceptors (Lipinski definition) is 3. The van der Waals surface area contributed by atoms with Crippen LogP contribution in [0.5, 0.6) is 0 Å². The second-order valence-corrected chi connectivity index (χ2v) is 4.72. The number of amides is 1. The molecule has 0 spiro atoms. The van der Waals surface area contributed by atoms with Gasteiger partial charge in [0.15, 0.2) is 5.54 Å². The Labute approximate surface area is 116 Å². The van der Waals surface area contributed by atoms with E-state index in [4.69, 9.17) is 17.3 Å². The van der Waals surface area contributed by atoms with E-state index < -0.39 is 11.4 Å². The SMILES string of the molecule is CC(Nc1ccccc1Cl)(C(N)=O)c1ccccn1. The van der Waals surface area contributed by atoms with Crippen molar-refractivity contribution >= 4 is 23.2 Å². The zero-order valence-electron chi connectivity index (χ0n) is 10.4. The predicted octanol–water partition coefficient (Wildman–Crippen LogP) is 2.55. The lowest BCUT2D eigenvalue weighted by Crippen LogP contribution is -2.45. The van der Waals surface area contributed by atoms with Gasteiger partial charge in [-0.15, -0.1) is 0 Å². The van der Waals surface area contributed by atoms with Crippen molar-refractivity contribution in [1.82, 2.24) is 4.98 Å². The molecule has 4 nitrogen and oxygen atoms in total. The lowest BCUT2D eigenvalue weighted by Gasteiger charge is -2.28. The standard InChI is InChI=1S/C14H14ClN3O/c1-14(13(16)19,12-8-4-5-9-17-12)18-11-7-3-2-6-10(11)15/h2-9,18H,1H3,(H2,16,19). The van der Waals surface area contributed by atoms with Gasteiger partial charge in [-0.1, -0.05) is 29.8 Å². The van der Waals surface area contributed by atoms with Crippen molar-refractivity contribution in [3.8, 4) is 0 Å². The molecule has 1 atom stereocenters. The minimum atomic E-state index is -1.12. The van der Waals surface area contributed by atoms with Crippen LogP contribution in [0.1, 0.15) is 12.6 Å². The van der Waals surface area contributed by atoms with Gasteiger partial charge in [-0.2, -0.15) is 0 Å². The van der Waals surface area contributed by atoms with Crippen molar-refractivity contribution in [2.75, 3.05) is 5.32 Å². The summed E-state index contributed by atoms with van der Waals surface area (Å²) in [5.74, 6) is -0.522. The fourth-order valence-corrected chi connectivity index (χ4v) is 1.93. The average molecular weight is 276 g/mol. The number of carbonyl (C=O) groups excluding carboxylic acids is 1. The molecule has 0 aliphatic carbocycles. The number of para-hydroxylation sites is 1. The molecule has 5 heteroatoms. The van der Waals surface area contributed by atoms with Gasteiger partial charge in [-0.05, 0) is 31.2 Å². The number of anilines is 1. The van der Waals surface area contributed by atoms with E-state index in [-0.39, 0.29) is 0 Å². The van der Waals surface area contributed by atoms with E-state index in [1.54, 1.807) is 43.5 Å². The van der Waals surface area contributed by atoms with Gasteiger partial charge in [-0.3, -0.25) is 9.78 Å². The highest BCUT2D eigenvalue weighted by Gasteiger charge is 2.34. The summed E-state index contributed by atoms with van der Waals surface area (Å²) in [7, 11) is 0. The van der Waals surface area contributed by atoms with Crippen LogP contribution < -0.4 is 11.1 Å². The number of nitrogens with zero attached hydrogens (tertiary/aromatic N) is 1. The molecule has 1 unspecified atom stereocenters. The molecule has 98 valence electrons. The van der Waals surface area contributed by atoms with Crippen LogP contribution in [0, 0.1) is 0 Å². The van der Waals surface area contributed by atoms with Crippen LogP contribution in [0.3, 0.4) is 0 Å². The lowest BCUT2D eigenvalue weighted by atomic mass is 9.95. The Kier molecular flexibility index (Phi) is 3.71. The molecule has 0 saturated heterocycles. The Balaban J connectivity index is 2.42. The van der Waals surface area contributed by atoms with Gasteiger partial charge in [0, 0.05) is 6.20 Å². The normalized spacial score (nSPS) is 13.6. The van der Waals surface area contributed by atoms with Crippen molar-refractivity contribution in [3.63, 3.8) is 0 Å². The molecule has 1 amide bonds. The molecule has 0 aliphatic heterocycles. The van der Waals surface area contributed by atoms with E-state index in [2.05, 4.69) is 10.3 Å². The van der Waals surface area contributed by atoms with Crippen LogP contribution in [0.4, 0.5) is 5.69 Å². The van der Waals surface area contributed by atoms with Gasteiger partial charge in [0.25, 0.3) is 0 Å². The van der Waals surface area contributed by atoms with E-state index in [0.29, 0.717) is 16.4 Å². The second-order valence-electron chi connectivity index (χ2n) is 4.31. The number of benzene rings is 1. The third-order valence-electron chi connectivity index (χ3n) is 2.93. The Morgan fingerprint density at radius 2 is 1.95 bits per heavy atom. The van der Waals surface area contributed by atoms with Crippen LogP contribution in [-0.2, 0) is 10.3 Å². The Bertz CT molecular complexity index is 588. The zero-order chi connectivity index (χ0) is 13.9. The molecule has 0 saturated carbocycles. The maximum Gasteiger partial charge on any atom is 0.249 e. The van der Waals surface area contributed by atoms with Crippen LogP contribution in [-0.4, -0.2) is 10.9 Å². The first-order valence-corrected chi connectivity index (χ1v) is 6.16. The number of hydrogen-bond donors (Lipinski definition) is 2. The minimum Gasteiger partial charge on any atom is -0.367 e. The highest BCUT2D eigenvalue weighted by Crippen LogP contribution is 2.29. The van der Waals surface area contributed by atoms with Gasteiger partial charge in [0.2, 0.25) is 5.91 Å². The summed E-state index contributed by atoms with van der Waals surface area (Å²) in [6.45, 7) is 1.68. The molecule has 1 aromatic carbocycles. The van der Waals surface area contributed by atoms with E-state index in [1.807, 2.05) is 12.1 Å². The summed E-state index contributed by atoms with van der Waals surface area (Å²) in [5.41, 5.74) is 5.58. The molecule has 1 aromatic heterocycles. The van der Waals surface area contributed by atoms with Crippen molar-refractivity contribution < 1.29 is 4.79 Å². The van der Waals surface area contributed by atoms with Gasteiger partial charge >= 0.3 is 0 Å². The highest BCUT2D eigenvalue weighted by atomic mass is 35.5. The highest BCUT2D eigenvalue weighted by molar-refractivity contribution is 6.33. The first-order valence-electron chi connectivity index (χ1n) is 5.78. The number of nitrogens with one attached hydrogen (secondary N) is 1. The predicted molar refractivity (Wildman–Crippen MR) is 75.9 cm³/mol. The first-order chi connectivity index (χ1) is 9.04. The van der Waals surface area contributed by atoms with E-state index >= 15 is 0 Å². The number of primary amides is 1. The smallest absolute Gasteiger partial charge is 0.249 e. The number of halogens is 1. The maximum atomic E-state index is 11.8. The third kappa shape index (κ3) is 2.69. The summed E-state index contributed by atoms with van der Waals surface area (Å²) < 4.78 is 0. The topological polar surface area (TPSA) is 68.0 Å². The Hall–Kier alpha value is -2.07. The quantitative estimate of drug-likeness (QED) is 0.901. The molecule has 3 N–H and O–H groups in total. The van der Waals surface area contributed by atoms with Crippen LogP contribution in [0.25, 0.3) is 0 Å². The van der Waals surface area contributed by atoms with Crippen molar-refractivity contribution in [3.05, 3.63) is 59.4 Å². The first kappa shape index (κ1) is 13.4. The van der Waals surface area contributed by atoms with Crippen molar-refractivity contribution in [2.45, 2.75) is 12.5 Å². The molecule has 0 radical (unpaired) electrons. The molecule has 2 aromatic rings. The Morgan fingerprint density at radius 1 is 1.26 bits per heavy atom. The lowest BCUT2D eigenvalue weighted by molar-refractivity contribution is -0.122. The van der Waals surface area contributed by atoms with Crippen LogP contribution in [0.2, 0.25) is 5.02 Å². The van der Waals surface area contributed by atoms with E-state index in [9.17, 15) is 4.79 Å². The summed E-state index contributed by atoms with van der Waals surface area (Å²) >= 11 is 6.09. The van der Waals surface area contributed by atoms with Gasteiger partial charge in [-0.25, -0.2) is 0 Å². The number of rotatable bonds is 4. The summed E-state index contributed by atoms with van der Waals surface area (Å²) in [6.07, 6.45) is 1.62. The van der Waals surface area contributed by atoms with Gasteiger partial charge < -0.3 is 11.1 Å². The second kappa shape index (κ2) is 5.28. The summed E-state index contributed by atoms with van der Waals surface area (Å²) in [6, 6.07) is 12.5. The minimum absolute atomic E-state index is 0.519. The fraction of sp³-hybridized carbons (Fsp3) is 0.143.